The van der Waals surface area contributed by atoms with Gasteiger partial charge in [-0.05, 0) is 44.0 Å². The third-order valence-electron chi connectivity index (χ3n) is 7.15. The number of carbonyl (C=O) groups excluding carboxylic acids is 4. The molecule has 0 aromatic heterocycles. The zero-order valence-corrected chi connectivity index (χ0v) is 21.1. The predicted octanol–water partition coefficient (Wildman–Crippen LogP) is 3.30. The third-order valence-corrected chi connectivity index (χ3v) is 7.15. The van der Waals surface area contributed by atoms with Gasteiger partial charge in [0, 0.05) is 43.4 Å². The summed E-state index contributed by atoms with van der Waals surface area (Å²) in [5, 5.41) is 0. The van der Waals surface area contributed by atoms with Gasteiger partial charge in [0.2, 0.25) is 11.8 Å². The van der Waals surface area contributed by atoms with Gasteiger partial charge in [0.25, 0.3) is 0 Å². The lowest BCUT2D eigenvalue weighted by molar-refractivity contribution is -0.154. The van der Waals surface area contributed by atoms with Crippen molar-refractivity contribution in [1.82, 2.24) is 0 Å². The number of benzene rings is 2. The van der Waals surface area contributed by atoms with Crippen LogP contribution in [0.15, 0.2) is 48.5 Å². The molecule has 8 nitrogen and oxygen atoms in total. The highest BCUT2D eigenvalue weighted by atomic mass is 16.5. The molecule has 0 aliphatic carbocycles. The summed E-state index contributed by atoms with van der Waals surface area (Å²) in [6.07, 6.45) is 0. The van der Waals surface area contributed by atoms with Crippen LogP contribution in [0.2, 0.25) is 0 Å². The quantitative estimate of drug-likeness (QED) is 0.415. The minimum Gasteiger partial charge on any atom is -0.465 e. The maximum absolute atomic E-state index is 13.8. The number of ether oxygens (including phenoxy) is 2. The molecule has 0 fully saturated rings. The fourth-order valence-corrected chi connectivity index (χ4v) is 5.77. The molecule has 190 valence electrons. The maximum atomic E-state index is 13.8. The minimum absolute atomic E-state index is 0.110. The molecule has 2 heterocycles. The number of hydrogen-bond donors (Lipinski definition) is 0. The van der Waals surface area contributed by atoms with E-state index in [1.165, 1.54) is 7.11 Å². The molecular weight excluding hydrogens is 460 g/mol. The van der Waals surface area contributed by atoms with E-state index in [2.05, 4.69) is 0 Å². The van der Waals surface area contributed by atoms with E-state index in [1.54, 1.807) is 16.7 Å². The van der Waals surface area contributed by atoms with E-state index >= 15 is 0 Å². The van der Waals surface area contributed by atoms with Crippen LogP contribution in [0, 0.1) is 11.8 Å². The molecule has 0 radical (unpaired) electrons. The number of methoxy groups -OCH3 is 1. The van der Waals surface area contributed by atoms with Crippen LogP contribution in [-0.2, 0) is 28.7 Å². The van der Waals surface area contributed by atoms with Crippen molar-refractivity contribution in [2.75, 3.05) is 43.2 Å². The first-order valence-corrected chi connectivity index (χ1v) is 12.4. The van der Waals surface area contributed by atoms with Crippen molar-refractivity contribution in [3.63, 3.8) is 0 Å². The minimum atomic E-state index is -1.20. The fraction of sp³-hybridized carbons (Fsp3) is 0.429. The third kappa shape index (κ3) is 4.09. The van der Waals surface area contributed by atoms with Gasteiger partial charge in [0.05, 0.1) is 6.61 Å². The number of hydrogen-bond acceptors (Lipinski definition) is 6. The summed E-state index contributed by atoms with van der Waals surface area (Å²) in [6.45, 7) is 6.00. The first kappa shape index (κ1) is 25.6. The van der Waals surface area contributed by atoms with Crippen molar-refractivity contribution in [2.24, 2.45) is 11.8 Å². The van der Waals surface area contributed by atoms with Crippen molar-refractivity contribution in [2.45, 2.75) is 32.6 Å². The fourth-order valence-electron chi connectivity index (χ4n) is 5.77. The van der Waals surface area contributed by atoms with E-state index in [4.69, 9.17) is 9.47 Å². The Balaban J connectivity index is 2.02. The number of fused-ring (bicyclic) bond motifs is 2. The van der Waals surface area contributed by atoms with Gasteiger partial charge in [-0.1, -0.05) is 36.4 Å². The number of carbonyl (C=O) groups is 4. The van der Waals surface area contributed by atoms with Crippen LogP contribution in [0.4, 0.5) is 11.4 Å². The molecule has 8 heteroatoms. The summed E-state index contributed by atoms with van der Waals surface area (Å²) in [7, 11) is 1.41. The molecule has 0 N–H and O–H groups in total. The summed E-state index contributed by atoms with van der Waals surface area (Å²) in [6, 6.07) is 14.8. The molecule has 0 unspecified atom stereocenters. The number of Topliss-reactive ketones (excluding diaryl/α,β-unsaturated/α-hetero) is 1. The highest BCUT2D eigenvalue weighted by molar-refractivity contribution is 6.13. The summed E-state index contributed by atoms with van der Waals surface area (Å²) >= 11 is 0. The topological polar surface area (TPSA) is 93.2 Å². The van der Waals surface area contributed by atoms with Crippen LogP contribution >= 0.6 is 0 Å². The molecule has 2 aliphatic heterocycles. The zero-order chi connectivity index (χ0) is 26.0. The molecule has 2 aromatic carbocycles. The van der Waals surface area contributed by atoms with Crippen molar-refractivity contribution in [3.8, 4) is 0 Å². The average Bonchev–Trinajstić information content (AvgIpc) is 2.87. The van der Waals surface area contributed by atoms with Crippen LogP contribution in [0.5, 0.6) is 0 Å². The lowest BCUT2D eigenvalue weighted by atomic mass is 9.63. The lowest BCUT2D eigenvalue weighted by Gasteiger charge is -2.46. The number of para-hydroxylation sites is 2. The van der Waals surface area contributed by atoms with Crippen molar-refractivity contribution >= 4 is 34.9 Å². The summed E-state index contributed by atoms with van der Waals surface area (Å²) in [5.41, 5.74) is 2.85. The van der Waals surface area contributed by atoms with Gasteiger partial charge in [-0.15, -0.1) is 0 Å². The van der Waals surface area contributed by atoms with Crippen LogP contribution in [0.3, 0.4) is 0 Å². The average molecular weight is 493 g/mol. The highest BCUT2D eigenvalue weighted by Gasteiger charge is 2.55. The predicted molar refractivity (Wildman–Crippen MR) is 135 cm³/mol. The molecule has 36 heavy (non-hydrogen) atoms. The number of rotatable bonds is 8. The Morgan fingerprint density at radius 3 is 1.72 bits per heavy atom. The maximum Gasteiger partial charge on any atom is 0.319 e. The van der Waals surface area contributed by atoms with Crippen molar-refractivity contribution in [3.05, 3.63) is 59.7 Å². The van der Waals surface area contributed by atoms with Gasteiger partial charge >= 0.3 is 5.97 Å². The van der Waals surface area contributed by atoms with Gasteiger partial charge in [0.15, 0.2) is 5.78 Å². The van der Waals surface area contributed by atoms with Crippen molar-refractivity contribution < 1.29 is 28.7 Å². The Morgan fingerprint density at radius 2 is 1.25 bits per heavy atom. The van der Waals surface area contributed by atoms with Crippen LogP contribution in [0.25, 0.3) is 0 Å². The highest BCUT2D eigenvalue weighted by Crippen LogP contribution is 2.54. The molecule has 0 spiro atoms. The van der Waals surface area contributed by atoms with Gasteiger partial charge in [-0.2, -0.15) is 0 Å². The van der Waals surface area contributed by atoms with E-state index in [-0.39, 0.29) is 30.8 Å². The molecule has 2 aliphatic rings. The second-order valence-electron chi connectivity index (χ2n) is 8.94. The number of ketones is 1. The summed E-state index contributed by atoms with van der Waals surface area (Å²) in [4.78, 5) is 57.7. The number of anilines is 2. The van der Waals surface area contributed by atoms with Crippen molar-refractivity contribution in [1.29, 1.82) is 0 Å². The van der Waals surface area contributed by atoms with Crippen LogP contribution < -0.4 is 9.80 Å². The smallest absolute Gasteiger partial charge is 0.319 e. The second kappa shape index (κ2) is 10.6. The Kier molecular flexibility index (Phi) is 7.54. The lowest BCUT2D eigenvalue weighted by Crippen LogP contribution is -2.54. The van der Waals surface area contributed by atoms with Gasteiger partial charge in [-0.25, -0.2) is 0 Å². The molecule has 0 bridgehead atoms. The van der Waals surface area contributed by atoms with E-state index in [0.29, 0.717) is 24.5 Å². The first-order valence-electron chi connectivity index (χ1n) is 12.4. The molecule has 0 saturated heterocycles. The largest absolute Gasteiger partial charge is 0.465 e. The van der Waals surface area contributed by atoms with Gasteiger partial charge in [-0.3, -0.25) is 19.2 Å². The molecule has 2 amide bonds. The number of nitrogens with zero attached hydrogens (tertiary/aromatic N) is 2. The summed E-state index contributed by atoms with van der Waals surface area (Å²) in [5.74, 6) is -5.61. The molecule has 0 saturated carbocycles. The number of esters is 1. The standard InChI is InChI=1S/C28H32N2O6/c1-5-29-19-14-10-8-12-17(19)22(24(26(29)32)21(31)16-35-4)23-18-13-9-11-15-20(18)30(6-2)27(33)25(23)28(34)36-7-3/h8-15,22-25H,5-7,16H2,1-4H3/t22-,23+,24+,25-/m0/s1. The van der Waals surface area contributed by atoms with E-state index in [0.717, 1.165) is 11.1 Å². The molecule has 2 aromatic rings. The first-order chi connectivity index (χ1) is 17.4. The van der Waals surface area contributed by atoms with E-state index in [9.17, 15) is 19.2 Å². The van der Waals surface area contributed by atoms with Crippen LogP contribution in [-0.4, -0.2) is 57.0 Å². The molecule has 4 atom stereocenters. The normalized spacial score (nSPS) is 23.2. The Hall–Kier alpha value is -3.52. The van der Waals surface area contributed by atoms with Gasteiger partial charge in [0.1, 0.15) is 18.4 Å². The Morgan fingerprint density at radius 1 is 0.778 bits per heavy atom. The molecule has 4 rings (SSSR count). The second-order valence-corrected chi connectivity index (χ2v) is 8.94. The van der Waals surface area contributed by atoms with Gasteiger partial charge < -0.3 is 19.3 Å². The Labute approximate surface area is 211 Å². The number of amides is 2. The van der Waals surface area contributed by atoms with E-state index < -0.39 is 29.6 Å². The monoisotopic (exact) mass is 492 g/mol. The zero-order valence-electron chi connectivity index (χ0n) is 21.1. The van der Waals surface area contributed by atoms with Crippen LogP contribution in [0.1, 0.15) is 43.7 Å². The SMILES string of the molecule is CCOC(=O)[C@@H]1C(=O)N(CC)c2ccccc2[C@@H]1[C@@H]1c2ccccc2N(CC)C(=O)[C@@H]1C(=O)COC. The molecular formula is C28H32N2O6. The van der Waals surface area contributed by atoms with E-state index in [1.807, 2.05) is 62.4 Å². The Bertz CT molecular complexity index is 1090. The summed E-state index contributed by atoms with van der Waals surface area (Å²) < 4.78 is 10.5.